The van der Waals surface area contributed by atoms with Crippen LogP contribution >= 0.6 is 15.9 Å². The first-order valence-electron chi connectivity index (χ1n) is 6.52. The maximum absolute atomic E-state index is 11.3. The standard InChI is InChI=1S/C14H18BrN3O2S/c1-14(2,6-7-21(3,19)20)18-13-11-5-4-10(15)8-12(11)16-9-17-13/h4-5,8-9H,6-7H2,1-3H3,(H,16,17,18). The maximum Gasteiger partial charge on any atom is 0.147 e. The van der Waals surface area contributed by atoms with Crippen molar-refractivity contribution in [3.63, 3.8) is 0 Å². The van der Waals surface area contributed by atoms with E-state index in [-0.39, 0.29) is 11.3 Å². The summed E-state index contributed by atoms with van der Waals surface area (Å²) in [5.41, 5.74) is 0.457. The third-order valence-corrected chi connectivity index (χ3v) is 4.59. The van der Waals surface area contributed by atoms with Gasteiger partial charge in [-0.3, -0.25) is 0 Å². The molecule has 1 heterocycles. The predicted octanol–water partition coefficient (Wildman–Crippen LogP) is 3.02. The second-order valence-corrected chi connectivity index (χ2v) is 8.95. The molecule has 0 bridgehead atoms. The smallest absolute Gasteiger partial charge is 0.147 e. The summed E-state index contributed by atoms with van der Waals surface area (Å²) in [6.07, 6.45) is 3.26. The summed E-state index contributed by atoms with van der Waals surface area (Å²) >= 11 is 3.42. The van der Waals surface area contributed by atoms with Gasteiger partial charge in [0.25, 0.3) is 0 Å². The highest BCUT2D eigenvalue weighted by Crippen LogP contribution is 2.26. The zero-order chi connectivity index (χ0) is 15.7. The van der Waals surface area contributed by atoms with Gasteiger partial charge < -0.3 is 5.32 Å². The number of benzene rings is 1. The molecule has 5 nitrogen and oxygen atoms in total. The Kier molecular flexibility index (Phi) is 4.53. The van der Waals surface area contributed by atoms with E-state index in [2.05, 4.69) is 31.2 Å². The average molecular weight is 372 g/mol. The van der Waals surface area contributed by atoms with Gasteiger partial charge in [0.05, 0.1) is 11.3 Å². The van der Waals surface area contributed by atoms with Crippen molar-refractivity contribution in [3.8, 4) is 0 Å². The molecule has 0 spiro atoms. The van der Waals surface area contributed by atoms with Gasteiger partial charge in [-0.05, 0) is 38.5 Å². The first kappa shape index (κ1) is 16.2. The van der Waals surface area contributed by atoms with E-state index >= 15 is 0 Å². The fourth-order valence-corrected chi connectivity index (χ4v) is 3.18. The van der Waals surface area contributed by atoms with Crippen molar-refractivity contribution in [2.45, 2.75) is 25.8 Å². The number of halogens is 1. The largest absolute Gasteiger partial charge is 0.365 e. The zero-order valence-corrected chi connectivity index (χ0v) is 14.6. The Labute approximate surface area is 133 Å². The molecular formula is C14H18BrN3O2S. The van der Waals surface area contributed by atoms with Crippen LogP contribution < -0.4 is 5.32 Å². The van der Waals surface area contributed by atoms with Crippen molar-refractivity contribution >= 4 is 42.5 Å². The van der Waals surface area contributed by atoms with Crippen molar-refractivity contribution in [2.24, 2.45) is 0 Å². The number of sulfone groups is 1. The molecule has 0 aliphatic carbocycles. The van der Waals surface area contributed by atoms with E-state index in [1.807, 2.05) is 32.0 Å². The van der Waals surface area contributed by atoms with Crippen LogP contribution in [0.3, 0.4) is 0 Å². The zero-order valence-electron chi connectivity index (χ0n) is 12.2. The van der Waals surface area contributed by atoms with Gasteiger partial charge in [0.15, 0.2) is 0 Å². The van der Waals surface area contributed by atoms with Gasteiger partial charge in [0.1, 0.15) is 22.0 Å². The molecule has 1 aromatic heterocycles. The summed E-state index contributed by atoms with van der Waals surface area (Å²) in [5, 5.41) is 4.23. The quantitative estimate of drug-likeness (QED) is 0.874. The molecule has 0 saturated heterocycles. The molecular weight excluding hydrogens is 354 g/mol. The van der Waals surface area contributed by atoms with Crippen molar-refractivity contribution in [1.29, 1.82) is 0 Å². The third-order valence-electron chi connectivity index (χ3n) is 3.15. The molecule has 0 aliphatic heterocycles. The summed E-state index contributed by atoms with van der Waals surface area (Å²) in [6.45, 7) is 3.93. The number of nitrogens with one attached hydrogen (secondary N) is 1. The molecule has 2 rings (SSSR count). The van der Waals surface area contributed by atoms with E-state index in [0.29, 0.717) is 12.2 Å². The topological polar surface area (TPSA) is 72.0 Å². The first-order chi connectivity index (χ1) is 9.66. The van der Waals surface area contributed by atoms with Gasteiger partial charge in [-0.15, -0.1) is 0 Å². The van der Waals surface area contributed by atoms with Crippen molar-refractivity contribution < 1.29 is 8.42 Å². The molecule has 0 amide bonds. The Hall–Kier alpha value is -1.21. The molecule has 2 aromatic rings. The fraction of sp³-hybridized carbons (Fsp3) is 0.429. The van der Waals surface area contributed by atoms with Crippen molar-refractivity contribution in [3.05, 3.63) is 29.0 Å². The van der Waals surface area contributed by atoms with Crippen LogP contribution in [-0.4, -0.2) is 35.9 Å². The number of hydrogen-bond acceptors (Lipinski definition) is 5. The molecule has 1 aromatic carbocycles. The van der Waals surface area contributed by atoms with Crippen LogP contribution in [0, 0.1) is 0 Å². The lowest BCUT2D eigenvalue weighted by molar-refractivity contribution is 0.534. The van der Waals surface area contributed by atoms with Crippen LogP contribution in [0.15, 0.2) is 29.0 Å². The molecule has 21 heavy (non-hydrogen) atoms. The Bertz CT molecular complexity index is 760. The van der Waals surface area contributed by atoms with Gasteiger partial charge >= 0.3 is 0 Å². The number of aromatic nitrogens is 2. The summed E-state index contributed by atoms with van der Waals surface area (Å²) in [5.74, 6) is 0.854. The minimum atomic E-state index is -2.98. The van der Waals surface area contributed by atoms with Gasteiger partial charge in [-0.1, -0.05) is 15.9 Å². The average Bonchev–Trinajstić information content (AvgIpc) is 2.35. The van der Waals surface area contributed by atoms with E-state index in [9.17, 15) is 8.42 Å². The SMILES string of the molecule is CC(C)(CCS(C)(=O)=O)Nc1ncnc2cc(Br)ccc12. The van der Waals surface area contributed by atoms with Crippen LogP contribution in [0.1, 0.15) is 20.3 Å². The van der Waals surface area contributed by atoms with Crippen LogP contribution in [-0.2, 0) is 9.84 Å². The van der Waals surface area contributed by atoms with Gasteiger partial charge in [-0.25, -0.2) is 18.4 Å². The molecule has 0 saturated carbocycles. The summed E-state index contributed by atoms with van der Waals surface area (Å²) in [7, 11) is -2.98. The Morgan fingerprint density at radius 3 is 2.67 bits per heavy atom. The highest BCUT2D eigenvalue weighted by Gasteiger charge is 2.21. The minimum absolute atomic E-state index is 0.140. The molecule has 0 aliphatic rings. The van der Waals surface area contributed by atoms with E-state index < -0.39 is 9.84 Å². The van der Waals surface area contributed by atoms with E-state index in [1.165, 1.54) is 12.6 Å². The second kappa shape index (κ2) is 5.88. The monoisotopic (exact) mass is 371 g/mol. The molecule has 114 valence electrons. The molecule has 1 N–H and O–H groups in total. The highest BCUT2D eigenvalue weighted by atomic mass is 79.9. The number of hydrogen-bond donors (Lipinski definition) is 1. The third kappa shape index (κ3) is 4.64. The lowest BCUT2D eigenvalue weighted by atomic mass is 10.0. The molecule has 0 atom stereocenters. The second-order valence-electron chi connectivity index (χ2n) is 5.77. The Balaban J connectivity index is 2.26. The Morgan fingerprint density at radius 1 is 1.29 bits per heavy atom. The van der Waals surface area contributed by atoms with Gasteiger partial charge in [-0.2, -0.15) is 0 Å². The van der Waals surface area contributed by atoms with Crippen LogP contribution in [0.2, 0.25) is 0 Å². The normalized spacial score (nSPS) is 12.6. The van der Waals surface area contributed by atoms with Crippen LogP contribution in [0.4, 0.5) is 5.82 Å². The predicted molar refractivity (Wildman–Crippen MR) is 89.3 cm³/mol. The number of rotatable bonds is 5. The number of anilines is 1. The van der Waals surface area contributed by atoms with Crippen molar-refractivity contribution in [2.75, 3.05) is 17.3 Å². The molecule has 0 fully saturated rings. The summed E-state index contributed by atoms with van der Waals surface area (Å²) in [6, 6.07) is 5.79. The lowest BCUT2D eigenvalue weighted by Crippen LogP contribution is -2.33. The Morgan fingerprint density at radius 2 is 2.00 bits per heavy atom. The van der Waals surface area contributed by atoms with Crippen LogP contribution in [0.25, 0.3) is 10.9 Å². The minimum Gasteiger partial charge on any atom is -0.365 e. The lowest BCUT2D eigenvalue weighted by Gasteiger charge is -2.27. The number of fused-ring (bicyclic) bond motifs is 1. The highest BCUT2D eigenvalue weighted by molar-refractivity contribution is 9.10. The van der Waals surface area contributed by atoms with Gasteiger partial charge in [0, 0.05) is 21.7 Å². The molecule has 0 radical (unpaired) electrons. The van der Waals surface area contributed by atoms with Crippen LogP contribution in [0.5, 0.6) is 0 Å². The van der Waals surface area contributed by atoms with E-state index in [4.69, 9.17) is 0 Å². The summed E-state index contributed by atoms with van der Waals surface area (Å²) < 4.78 is 23.6. The molecule has 0 unspecified atom stereocenters. The maximum atomic E-state index is 11.3. The van der Waals surface area contributed by atoms with Crippen molar-refractivity contribution in [1.82, 2.24) is 9.97 Å². The number of nitrogens with zero attached hydrogens (tertiary/aromatic N) is 2. The van der Waals surface area contributed by atoms with E-state index in [1.54, 1.807) is 0 Å². The van der Waals surface area contributed by atoms with E-state index in [0.717, 1.165) is 15.4 Å². The first-order valence-corrected chi connectivity index (χ1v) is 9.38. The fourth-order valence-electron chi connectivity index (χ4n) is 1.95. The summed E-state index contributed by atoms with van der Waals surface area (Å²) in [4.78, 5) is 8.52. The molecule has 7 heteroatoms. The van der Waals surface area contributed by atoms with Gasteiger partial charge in [0.2, 0.25) is 0 Å².